The summed E-state index contributed by atoms with van der Waals surface area (Å²) in [7, 11) is 1.61. The van der Waals surface area contributed by atoms with Gasteiger partial charge in [0.1, 0.15) is 17.3 Å². The summed E-state index contributed by atoms with van der Waals surface area (Å²) in [6.07, 6.45) is 3.39. The molecule has 202 valence electrons. The number of furan rings is 1. The molecule has 1 aromatic heterocycles. The largest absolute Gasteiger partial charge is 0.497 e. The first kappa shape index (κ1) is 27.0. The van der Waals surface area contributed by atoms with Gasteiger partial charge in [0.2, 0.25) is 0 Å². The average molecular weight is 613 g/mol. The van der Waals surface area contributed by atoms with Crippen LogP contribution in [0.3, 0.4) is 0 Å². The molecule has 39 heavy (non-hydrogen) atoms. The number of amidine groups is 1. The van der Waals surface area contributed by atoms with Crippen molar-refractivity contribution in [3.05, 3.63) is 81.6 Å². The van der Waals surface area contributed by atoms with Gasteiger partial charge >= 0.3 is 0 Å². The van der Waals surface area contributed by atoms with E-state index in [1.54, 1.807) is 35.3 Å². The van der Waals surface area contributed by atoms with Gasteiger partial charge in [0.25, 0.3) is 11.8 Å². The van der Waals surface area contributed by atoms with E-state index >= 15 is 0 Å². The predicted molar refractivity (Wildman–Crippen MR) is 152 cm³/mol. The van der Waals surface area contributed by atoms with Crippen molar-refractivity contribution in [3.63, 3.8) is 0 Å². The number of carbonyl (C=O) groups excluding carboxylic acids is 2. The minimum Gasteiger partial charge on any atom is -0.497 e. The summed E-state index contributed by atoms with van der Waals surface area (Å²) in [5, 5.41) is 0.550. The van der Waals surface area contributed by atoms with Gasteiger partial charge in [-0.15, -0.1) is 0 Å². The number of benzene rings is 2. The van der Waals surface area contributed by atoms with Crippen molar-refractivity contribution in [2.75, 3.05) is 40.0 Å². The quantitative estimate of drug-likeness (QED) is 0.327. The fraction of sp³-hybridized carbons (Fsp3) is 0.250. The number of hydrogen-bond acceptors (Lipinski definition) is 8. The Morgan fingerprint density at radius 3 is 2.64 bits per heavy atom. The monoisotopic (exact) mass is 611 g/mol. The molecule has 0 bridgehead atoms. The van der Waals surface area contributed by atoms with E-state index in [2.05, 4.69) is 15.9 Å². The van der Waals surface area contributed by atoms with E-state index in [0.29, 0.717) is 58.0 Å². The van der Waals surface area contributed by atoms with Crippen LogP contribution in [0.1, 0.15) is 11.3 Å². The number of amides is 2. The number of carbonyl (C=O) groups is 2. The summed E-state index contributed by atoms with van der Waals surface area (Å²) >= 11 is 4.83. The average Bonchev–Trinajstić information content (AvgIpc) is 3.58. The van der Waals surface area contributed by atoms with Crippen LogP contribution in [-0.4, -0.2) is 66.8 Å². The first-order valence-electron chi connectivity index (χ1n) is 12.2. The van der Waals surface area contributed by atoms with Crippen LogP contribution >= 0.6 is 27.7 Å². The fourth-order valence-corrected chi connectivity index (χ4v) is 5.48. The lowest BCUT2D eigenvalue weighted by molar-refractivity contribution is -0.137. The van der Waals surface area contributed by atoms with Crippen LogP contribution in [0.5, 0.6) is 11.5 Å². The zero-order chi connectivity index (χ0) is 27.2. The van der Waals surface area contributed by atoms with Crippen LogP contribution in [0, 0.1) is 0 Å². The first-order chi connectivity index (χ1) is 19.0. The number of rotatable bonds is 8. The minimum atomic E-state index is -0.170. The number of aliphatic imine (C=N–C) groups is 1. The van der Waals surface area contributed by atoms with Crippen molar-refractivity contribution in [1.82, 2.24) is 9.80 Å². The highest BCUT2D eigenvalue weighted by atomic mass is 79.9. The molecule has 3 aromatic rings. The number of ether oxygens (including phenoxy) is 3. The van der Waals surface area contributed by atoms with E-state index in [0.717, 1.165) is 11.3 Å². The SMILES string of the molecule is COc1ccc(N=C2S/C(=C\c3ccc(OCC(=O)N4CCOCC4)c(Br)c3)C(=O)N2Cc2ccco2)cc1. The highest BCUT2D eigenvalue weighted by Crippen LogP contribution is 2.36. The van der Waals surface area contributed by atoms with Gasteiger partial charge in [-0.25, -0.2) is 4.99 Å². The van der Waals surface area contributed by atoms with Gasteiger partial charge < -0.3 is 23.5 Å². The highest BCUT2D eigenvalue weighted by Gasteiger charge is 2.34. The third kappa shape index (κ3) is 6.73. The van der Waals surface area contributed by atoms with Crippen molar-refractivity contribution in [2.24, 2.45) is 4.99 Å². The summed E-state index contributed by atoms with van der Waals surface area (Å²) < 4.78 is 22.4. The van der Waals surface area contributed by atoms with Crippen molar-refractivity contribution in [3.8, 4) is 11.5 Å². The molecular weight excluding hydrogens is 586 g/mol. The number of nitrogens with zero attached hydrogens (tertiary/aromatic N) is 3. The molecule has 2 aromatic carbocycles. The van der Waals surface area contributed by atoms with E-state index in [1.165, 1.54) is 11.8 Å². The second-order valence-corrected chi connectivity index (χ2v) is 10.5. The second-order valence-electron chi connectivity index (χ2n) is 8.65. The number of halogens is 1. The van der Waals surface area contributed by atoms with Crippen molar-refractivity contribution in [2.45, 2.75) is 6.54 Å². The van der Waals surface area contributed by atoms with Gasteiger partial charge in [-0.2, -0.15) is 0 Å². The van der Waals surface area contributed by atoms with Gasteiger partial charge in [0.05, 0.1) is 48.2 Å². The molecule has 2 fully saturated rings. The zero-order valence-electron chi connectivity index (χ0n) is 21.2. The molecule has 2 amide bonds. The Hall–Kier alpha value is -3.54. The molecule has 0 spiro atoms. The lowest BCUT2D eigenvalue weighted by atomic mass is 10.2. The Kier molecular flexibility index (Phi) is 8.70. The molecule has 0 N–H and O–H groups in total. The summed E-state index contributed by atoms with van der Waals surface area (Å²) in [6.45, 7) is 2.44. The molecule has 11 heteroatoms. The molecule has 2 aliphatic heterocycles. The molecule has 2 aliphatic rings. The minimum absolute atomic E-state index is 0.0553. The third-order valence-corrected chi connectivity index (χ3v) is 7.67. The Morgan fingerprint density at radius 1 is 1.15 bits per heavy atom. The van der Waals surface area contributed by atoms with E-state index < -0.39 is 0 Å². The second kappa shape index (κ2) is 12.5. The molecular formula is C28H26BrN3O6S. The van der Waals surface area contributed by atoms with Crippen LogP contribution in [0.15, 0.2) is 79.6 Å². The van der Waals surface area contributed by atoms with Crippen LogP contribution in [0.25, 0.3) is 6.08 Å². The number of methoxy groups -OCH3 is 1. The summed E-state index contributed by atoms with van der Waals surface area (Å²) in [6, 6.07) is 16.4. The molecule has 9 nitrogen and oxygen atoms in total. The van der Waals surface area contributed by atoms with E-state index in [1.807, 2.05) is 48.5 Å². The Labute approximate surface area is 238 Å². The summed E-state index contributed by atoms with van der Waals surface area (Å²) in [5.74, 6) is 1.68. The molecule has 5 rings (SSSR count). The number of morpholine rings is 1. The van der Waals surface area contributed by atoms with Crippen LogP contribution < -0.4 is 9.47 Å². The van der Waals surface area contributed by atoms with Crippen molar-refractivity contribution >= 4 is 56.4 Å². The van der Waals surface area contributed by atoms with Gasteiger partial charge in [0.15, 0.2) is 11.8 Å². The normalized spacial score (nSPS) is 17.7. The Morgan fingerprint density at radius 2 is 1.95 bits per heavy atom. The molecule has 0 aliphatic carbocycles. The lowest BCUT2D eigenvalue weighted by Gasteiger charge is -2.26. The topological polar surface area (TPSA) is 93.8 Å². The number of thioether (sulfide) groups is 1. The van der Waals surface area contributed by atoms with Crippen molar-refractivity contribution in [1.29, 1.82) is 0 Å². The lowest BCUT2D eigenvalue weighted by Crippen LogP contribution is -2.43. The first-order valence-corrected chi connectivity index (χ1v) is 13.9. The van der Waals surface area contributed by atoms with E-state index in [9.17, 15) is 9.59 Å². The van der Waals surface area contributed by atoms with Gasteiger partial charge in [-0.1, -0.05) is 6.07 Å². The van der Waals surface area contributed by atoms with Gasteiger partial charge in [0, 0.05) is 13.1 Å². The third-order valence-electron chi connectivity index (χ3n) is 6.05. The molecule has 0 unspecified atom stereocenters. The molecule has 2 saturated heterocycles. The summed E-state index contributed by atoms with van der Waals surface area (Å²) in [5.41, 5.74) is 1.50. The Bertz CT molecular complexity index is 1380. The maximum atomic E-state index is 13.4. The van der Waals surface area contributed by atoms with Crippen LogP contribution in [0.2, 0.25) is 0 Å². The van der Waals surface area contributed by atoms with Crippen molar-refractivity contribution < 1.29 is 28.2 Å². The maximum absolute atomic E-state index is 13.4. The molecule has 0 atom stereocenters. The Balaban J connectivity index is 1.33. The van der Waals surface area contributed by atoms with E-state index in [-0.39, 0.29) is 25.0 Å². The zero-order valence-corrected chi connectivity index (χ0v) is 23.6. The maximum Gasteiger partial charge on any atom is 0.267 e. The standard InChI is InChI=1S/C28H26BrN3O6S/c1-35-21-7-5-20(6-8-21)30-28-32(17-22-3-2-12-37-22)27(34)25(39-28)16-19-4-9-24(23(29)15-19)38-18-26(33)31-10-13-36-14-11-31/h2-9,12,15-16H,10-11,13-14,17-18H2,1H3/b25-16-,30-28?. The van der Waals surface area contributed by atoms with Gasteiger partial charge in [-0.05, 0) is 87.9 Å². The number of hydrogen-bond donors (Lipinski definition) is 0. The smallest absolute Gasteiger partial charge is 0.267 e. The van der Waals surface area contributed by atoms with Crippen LogP contribution in [0.4, 0.5) is 5.69 Å². The fourth-order valence-electron chi connectivity index (χ4n) is 3.98. The van der Waals surface area contributed by atoms with Crippen LogP contribution in [-0.2, 0) is 20.9 Å². The summed E-state index contributed by atoms with van der Waals surface area (Å²) in [4.78, 5) is 34.4. The molecule has 3 heterocycles. The molecule has 0 saturated carbocycles. The van der Waals surface area contributed by atoms with E-state index in [4.69, 9.17) is 23.6 Å². The molecule has 0 radical (unpaired) electrons. The van der Waals surface area contributed by atoms with Gasteiger partial charge in [-0.3, -0.25) is 14.5 Å². The predicted octanol–water partition coefficient (Wildman–Crippen LogP) is 5.09. The highest BCUT2D eigenvalue weighted by molar-refractivity contribution is 9.10.